The average molecular weight is 262 g/mol. The molecule has 0 saturated carbocycles. The Morgan fingerprint density at radius 3 is 2.68 bits per heavy atom. The van der Waals surface area contributed by atoms with Gasteiger partial charge in [0.1, 0.15) is 0 Å². The topological polar surface area (TPSA) is 24.5 Å². The molecule has 0 aliphatic carbocycles. The van der Waals surface area contributed by atoms with E-state index in [0.29, 0.717) is 0 Å². The van der Waals surface area contributed by atoms with Crippen LogP contribution in [0.5, 0.6) is 0 Å². The molecule has 0 bridgehead atoms. The van der Waals surface area contributed by atoms with Gasteiger partial charge in [-0.1, -0.05) is 38.1 Å². The number of benzene rings is 1. The van der Waals surface area contributed by atoms with Gasteiger partial charge in [0.05, 0.1) is 6.61 Å². The van der Waals surface area contributed by atoms with Crippen LogP contribution in [-0.2, 0) is 16.7 Å². The Morgan fingerprint density at radius 2 is 2.00 bits per heavy atom. The molecule has 0 amide bonds. The molecule has 1 aliphatic heterocycles. The van der Waals surface area contributed by atoms with Crippen LogP contribution in [-0.4, -0.2) is 44.8 Å². The van der Waals surface area contributed by atoms with E-state index in [1.54, 1.807) is 7.11 Å². The van der Waals surface area contributed by atoms with E-state index in [2.05, 4.69) is 48.3 Å². The van der Waals surface area contributed by atoms with E-state index in [0.717, 1.165) is 39.3 Å². The molecule has 0 aromatic heterocycles. The minimum Gasteiger partial charge on any atom is -0.384 e. The maximum absolute atomic E-state index is 5.33. The van der Waals surface area contributed by atoms with E-state index in [1.807, 2.05) is 0 Å². The molecule has 0 atom stereocenters. The molecule has 1 aliphatic rings. The lowest BCUT2D eigenvalue weighted by Crippen LogP contribution is -2.42. The van der Waals surface area contributed by atoms with Gasteiger partial charge in [-0.2, -0.15) is 0 Å². The van der Waals surface area contributed by atoms with Gasteiger partial charge in [0, 0.05) is 45.2 Å². The summed E-state index contributed by atoms with van der Waals surface area (Å²) < 4.78 is 5.33. The highest BCUT2D eigenvalue weighted by Gasteiger charge is 2.21. The second kappa shape index (κ2) is 6.51. The van der Waals surface area contributed by atoms with E-state index in [-0.39, 0.29) is 5.41 Å². The second-order valence-electron chi connectivity index (χ2n) is 6.04. The van der Waals surface area contributed by atoms with E-state index in [9.17, 15) is 0 Å². The Morgan fingerprint density at radius 1 is 1.26 bits per heavy atom. The van der Waals surface area contributed by atoms with Crippen LogP contribution < -0.4 is 5.32 Å². The van der Waals surface area contributed by atoms with Crippen LogP contribution in [0.25, 0.3) is 0 Å². The smallest absolute Gasteiger partial charge is 0.0553 e. The van der Waals surface area contributed by atoms with Gasteiger partial charge in [-0.15, -0.1) is 0 Å². The van der Waals surface area contributed by atoms with Crippen molar-refractivity contribution in [2.75, 3.05) is 39.9 Å². The molecular weight excluding hydrogens is 236 g/mol. The summed E-state index contributed by atoms with van der Waals surface area (Å²) in [5.41, 5.74) is 2.85. The second-order valence-corrected chi connectivity index (χ2v) is 6.04. The van der Waals surface area contributed by atoms with Gasteiger partial charge < -0.3 is 10.1 Å². The lowest BCUT2D eigenvalue weighted by Gasteiger charge is -2.28. The van der Waals surface area contributed by atoms with Crippen LogP contribution in [0.2, 0.25) is 0 Å². The van der Waals surface area contributed by atoms with Crippen molar-refractivity contribution in [3.8, 4) is 0 Å². The quantitative estimate of drug-likeness (QED) is 0.878. The van der Waals surface area contributed by atoms with Gasteiger partial charge in [0.25, 0.3) is 0 Å². The number of ether oxygens (including phenoxy) is 1. The average Bonchev–Trinajstić information content (AvgIpc) is 2.40. The van der Waals surface area contributed by atoms with Crippen molar-refractivity contribution in [1.82, 2.24) is 10.2 Å². The largest absolute Gasteiger partial charge is 0.384 e. The predicted octanol–water partition coefficient (Wildman–Crippen LogP) is 2.02. The molecule has 19 heavy (non-hydrogen) atoms. The van der Waals surface area contributed by atoms with E-state index >= 15 is 0 Å². The highest BCUT2D eigenvalue weighted by Crippen LogP contribution is 2.24. The number of piperazine rings is 1. The Kier molecular flexibility index (Phi) is 4.97. The van der Waals surface area contributed by atoms with Gasteiger partial charge in [-0.3, -0.25) is 4.90 Å². The predicted molar refractivity (Wildman–Crippen MR) is 79.5 cm³/mol. The fraction of sp³-hybridized carbons (Fsp3) is 0.625. The zero-order valence-electron chi connectivity index (χ0n) is 12.4. The third-order valence-electron chi connectivity index (χ3n) is 3.83. The lowest BCUT2D eigenvalue weighted by molar-refractivity contribution is 0.146. The maximum Gasteiger partial charge on any atom is 0.0553 e. The molecule has 1 aromatic carbocycles. The number of nitrogens with zero attached hydrogens (tertiary/aromatic N) is 1. The molecule has 106 valence electrons. The number of hydrogen-bond donors (Lipinski definition) is 1. The van der Waals surface area contributed by atoms with E-state index < -0.39 is 0 Å². The van der Waals surface area contributed by atoms with Crippen LogP contribution in [0.3, 0.4) is 0 Å². The van der Waals surface area contributed by atoms with E-state index in [4.69, 9.17) is 4.74 Å². The standard InChI is InChI=1S/C16H26N2O/c1-16(2,13-19-3)15-6-4-5-14(11-15)12-18-9-7-17-8-10-18/h4-6,11,17H,7-10,12-13H2,1-3H3. The summed E-state index contributed by atoms with van der Waals surface area (Å²) in [6.45, 7) is 10.8. The molecule has 3 nitrogen and oxygen atoms in total. The van der Waals surface area contributed by atoms with Crippen molar-refractivity contribution in [2.45, 2.75) is 25.8 Å². The van der Waals surface area contributed by atoms with Crippen molar-refractivity contribution < 1.29 is 4.74 Å². The molecular formula is C16H26N2O. The molecule has 1 N–H and O–H groups in total. The number of methoxy groups -OCH3 is 1. The minimum absolute atomic E-state index is 0.0776. The Bertz CT molecular complexity index is 397. The fourth-order valence-electron chi connectivity index (χ4n) is 2.66. The molecule has 1 fully saturated rings. The maximum atomic E-state index is 5.33. The van der Waals surface area contributed by atoms with Crippen LogP contribution in [0.15, 0.2) is 24.3 Å². The summed E-state index contributed by atoms with van der Waals surface area (Å²) in [5, 5.41) is 3.39. The number of rotatable bonds is 5. The zero-order chi connectivity index (χ0) is 13.7. The monoisotopic (exact) mass is 262 g/mol. The van der Waals surface area contributed by atoms with Crippen LogP contribution >= 0.6 is 0 Å². The number of nitrogens with one attached hydrogen (secondary N) is 1. The highest BCUT2D eigenvalue weighted by atomic mass is 16.5. The van der Waals surface area contributed by atoms with Crippen LogP contribution in [0.1, 0.15) is 25.0 Å². The fourth-order valence-corrected chi connectivity index (χ4v) is 2.66. The number of hydrogen-bond acceptors (Lipinski definition) is 3. The molecule has 0 radical (unpaired) electrons. The van der Waals surface area contributed by atoms with Crippen molar-refractivity contribution in [1.29, 1.82) is 0 Å². The lowest BCUT2D eigenvalue weighted by atomic mass is 9.85. The summed E-state index contributed by atoms with van der Waals surface area (Å²) in [5.74, 6) is 0. The molecule has 3 heteroatoms. The summed E-state index contributed by atoms with van der Waals surface area (Å²) in [6.07, 6.45) is 0. The van der Waals surface area contributed by atoms with Crippen LogP contribution in [0, 0.1) is 0 Å². The van der Waals surface area contributed by atoms with E-state index in [1.165, 1.54) is 11.1 Å². The highest BCUT2D eigenvalue weighted by molar-refractivity contribution is 5.29. The first kappa shape index (κ1) is 14.5. The summed E-state index contributed by atoms with van der Waals surface area (Å²) in [7, 11) is 1.77. The first-order valence-electron chi connectivity index (χ1n) is 7.13. The molecule has 1 saturated heterocycles. The SMILES string of the molecule is COCC(C)(C)c1cccc(CN2CCNCC2)c1. The van der Waals surface area contributed by atoms with Gasteiger partial charge in [-0.25, -0.2) is 0 Å². The summed E-state index contributed by atoms with van der Waals surface area (Å²) in [4.78, 5) is 2.51. The van der Waals surface area contributed by atoms with Crippen LogP contribution in [0.4, 0.5) is 0 Å². The molecule has 1 heterocycles. The Balaban J connectivity index is 2.06. The molecule has 1 aromatic rings. The minimum atomic E-state index is 0.0776. The van der Waals surface area contributed by atoms with Gasteiger partial charge >= 0.3 is 0 Å². The normalized spacial score (nSPS) is 17.6. The third-order valence-corrected chi connectivity index (χ3v) is 3.83. The molecule has 0 unspecified atom stereocenters. The third kappa shape index (κ3) is 4.03. The van der Waals surface area contributed by atoms with Crippen molar-refractivity contribution >= 4 is 0 Å². The molecule has 0 spiro atoms. The summed E-state index contributed by atoms with van der Waals surface area (Å²) >= 11 is 0. The van der Waals surface area contributed by atoms with Gasteiger partial charge in [0.2, 0.25) is 0 Å². The molecule has 2 rings (SSSR count). The summed E-state index contributed by atoms with van der Waals surface area (Å²) in [6, 6.07) is 8.94. The first-order valence-corrected chi connectivity index (χ1v) is 7.13. The first-order chi connectivity index (χ1) is 9.12. The van der Waals surface area contributed by atoms with Gasteiger partial charge in [0.15, 0.2) is 0 Å². The zero-order valence-corrected chi connectivity index (χ0v) is 12.4. The Labute approximate surface area is 116 Å². The Hall–Kier alpha value is -0.900. The van der Waals surface area contributed by atoms with Crippen molar-refractivity contribution in [3.63, 3.8) is 0 Å². The van der Waals surface area contributed by atoms with Gasteiger partial charge in [-0.05, 0) is 11.1 Å². The van der Waals surface area contributed by atoms with Crippen molar-refractivity contribution in [3.05, 3.63) is 35.4 Å². The van der Waals surface area contributed by atoms with Crippen molar-refractivity contribution in [2.24, 2.45) is 0 Å².